The SMILES string of the molecule is C[P+](=[W])OC[C@@H]1C[C@@](C)(F)[C@H](n2cnc3c(N)ncnc32)O1. The minimum atomic E-state index is -1.53. The van der Waals surface area contributed by atoms with Crippen LogP contribution in [-0.4, -0.2) is 44.6 Å². The second-order valence-corrected chi connectivity index (χ2v) is 12.1. The van der Waals surface area contributed by atoms with Gasteiger partial charge in [0.1, 0.15) is 0 Å². The summed E-state index contributed by atoms with van der Waals surface area (Å²) in [4.78, 5) is 12.2. The van der Waals surface area contributed by atoms with E-state index < -0.39 is 17.7 Å². The zero-order valence-electron chi connectivity index (χ0n) is 12.1. The number of imidazole rings is 1. The summed E-state index contributed by atoms with van der Waals surface area (Å²) in [5.41, 5.74) is 5.17. The van der Waals surface area contributed by atoms with Crippen LogP contribution in [0.3, 0.4) is 0 Å². The van der Waals surface area contributed by atoms with E-state index in [9.17, 15) is 4.39 Å². The standard InChI is InChI=1S/C12H16FN5O2P.W/c1-12(13)3-7(4-19-21-2)20-11(12)18-6-17-8-9(14)15-5-16-10(8)18;/h5-7,11H,3-4H2,1-2H3,(H2,14,15,16);/q-1;+2/t7-,11+,12+;/m0./s1. The van der Waals surface area contributed by atoms with Crippen molar-refractivity contribution in [1.29, 1.82) is 0 Å². The van der Waals surface area contributed by atoms with Crippen LogP contribution in [0.2, 0.25) is 0 Å². The third kappa shape index (κ3) is 2.98. The molecule has 0 aliphatic carbocycles. The molecule has 2 N–H and O–H groups in total. The van der Waals surface area contributed by atoms with Crippen LogP contribution >= 0.6 is 5.78 Å². The Morgan fingerprint density at radius 3 is 3.09 bits per heavy atom. The summed E-state index contributed by atoms with van der Waals surface area (Å²) < 4.78 is 28.0. The molecule has 1 aliphatic rings. The number of aromatic nitrogens is 4. The van der Waals surface area contributed by atoms with E-state index in [1.54, 1.807) is 4.57 Å². The molecule has 0 amide bonds. The summed E-state index contributed by atoms with van der Waals surface area (Å²) in [5.74, 6) is -0.144. The van der Waals surface area contributed by atoms with Gasteiger partial charge in [0.15, 0.2) is 0 Å². The van der Waals surface area contributed by atoms with E-state index in [1.165, 1.54) is 38.4 Å². The molecular weight excluding hydrogens is 480 g/mol. The summed E-state index contributed by atoms with van der Waals surface area (Å²) in [7, 11) is 0. The van der Waals surface area contributed by atoms with Gasteiger partial charge in [-0.05, 0) is 0 Å². The van der Waals surface area contributed by atoms with E-state index in [0.717, 1.165) is 0 Å². The first-order chi connectivity index (χ1) is 10.4. The van der Waals surface area contributed by atoms with E-state index in [0.29, 0.717) is 17.8 Å². The Bertz CT molecular complexity index is 725. The number of hydrogen-bond acceptors (Lipinski definition) is 6. The molecule has 118 valence electrons. The van der Waals surface area contributed by atoms with Crippen molar-refractivity contribution in [3.05, 3.63) is 12.7 Å². The Morgan fingerprint density at radius 1 is 1.59 bits per heavy atom. The van der Waals surface area contributed by atoms with Gasteiger partial charge < -0.3 is 0 Å². The van der Waals surface area contributed by atoms with Crippen LogP contribution < -0.4 is 5.73 Å². The van der Waals surface area contributed by atoms with Crippen LogP contribution in [0.15, 0.2) is 12.7 Å². The number of nitrogens with zero attached hydrogens (tertiary/aromatic N) is 4. The number of rotatable bonds is 4. The van der Waals surface area contributed by atoms with E-state index in [-0.39, 0.29) is 18.3 Å². The number of ether oxygens (including phenoxy) is 1. The second kappa shape index (κ2) is 6.00. The molecule has 22 heavy (non-hydrogen) atoms. The van der Waals surface area contributed by atoms with Gasteiger partial charge in [-0.2, -0.15) is 0 Å². The molecule has 3 rings (SSSR count). The number of nitrogens with two attached hydrogens (primary N) is 1. The predicted molar refractivity (Wildman–Crippen MR) is 76.6 cm³/mol. The van der Waals surface area contributed by atoms with Gasteiger partial charge in [-0.1, -0.05) is 0 Å². The van der Waals surface area contributed by atoms with Crippen LogP contribution in [-0.2, 0) is 28.1 Å². The zero-order valence-corrected chi connectivity index (χ0v) is 16.0. The summed E-state index contributed by atoms with van der Waals surface area (Å²) >= 11 is 1.40. The summed E-state index contributed by atoms with van der Waals surface area (Å²) in [6.07, 6.45) is 2.04. The molecule has 1 unspecified atom stereocenters. The molecule has 0 saturated carbocycles. The third-order valence-corrected chi connectivity index (χ3v) is 5.19. The first-order valence-corrected chi connectivity index (χ1v) is 12.3. The van der Waals surface area contributed by atoms with Crippen molar-refractivity contribution in [3.63, 3.8) is 0 Å². The molecule has 1 aliphatic heterocycles. The Labute approximate surface area is 138 Å². The van der Waals surface area contributed by atoms with E-state index >= 15 is 0 Å². The van der Waals surface area contributed by atoms with Gasteiger partial charge in [0.25, 0.3) is 0 Å². The summed E-state index contributed by atoms with van der Waals surface area (Å²) in [6, 6.07) is 0. The normalized spacial score (nSPS) is 29.1. The molecule has 7 nitrogen and oxygen atoms in total. The van der Waals surface area contributed by atoms with Gasteiger partial charge in [-0.3, -0.25) is 0 Å². The van der Waals surface area contributed by atoms with Crippen molar-refractivity contribution in [2.24, 2.45) is 0 Å². The molecule has 0 spiro atoms. The van der Waals surface area contributed by atoms with Crippen LogP contribution in [0.5, 0.6) is 0 Å². The average molecular weight is 496 g/mol. The van der Waals surface area contributed by atoms with Crippen molar-refractivity contribution in [2.45, 2.75) is 31.3 Å². The predicted octanol–water partition coefficient (Wildman–Crippen LogP) is 1.93. The van der Waals surface area contributed by atoms with Gasteiger partial charge in [0, 0.05) is 0 Å². The first-order valence-electron chi connectivity index (χ1n) is 6.69. The van der Waals surface area contributed by atoms with Crippen molar-refractivity contribution in [2.75, 3.05) is 19.0 Å². The molecule has 0 radical (unpaired) electrons. The van der Waals surface area contributed by atoms with Gasteiger partial charge >= 0.3 is 138 Å². The van der Waals surface area contributed by atoms with E-state index in [2.05, 4.69) is 15.0 Å². The van der Waals surface area contributed by atoms with E-state index in [4.69, 9.17) is 15.0 Å². The Hall–Kier alpha value is -0.812. The molecular formula is C12H16FN5O2PW+. The summed E-state index contributed by atoms with van der Waals surface area (Å²) in [6.45, 7) is 3.97. The first kappa shape index (κ1) is 16.1. The quantitative estimate of drug-likeness (QED) is 0.652. The van der Waals surface area contributed by atoms with E-state index in [1.807, 2.05) is 6.66 Å². The van der Waals surface area contributed by atoms with Crippen LogP contribution in [0.1, 0.15) is 19.6 Å². The van der Waals surface area contributed by atoms with Crippen molar-refractivity contribution in [3.8, 4) is 0 Å². The van der Waals surface area contributed by atoms with Crippen LogP contribution in [0, 0.1) is 0 Å². The van der Waals surface area contributed by atoms with Gasteiger partial charge in [0.2, 0.25) is 0 Å². The molecule has 10 heteroatoms. The van der Waals surface area contributed by atoms with Gasteiger partial charge in [-0.25, -0.2) is 0 Å². The van der Waals surface area contributed by atoms with Gasteiger partial charge in [0.05, 0.1) is 0 Å². The fraction of sp³-hybridized carbons (Fsp3) is 0.583. The van der Waals surface area contributed by atoms with Crippen molar-refractivity contribution < 1.29 is 32.5 Å². The topological polar surface area (TPSA) is 88.1 Å². The monoisotopic (exact) mass is 496 g/mol. The van der Waals surface area contributed by atoms with Crippen LogP contribution in [0.25, 0.3) is 11.2 Å². The van der Waals surface area contributed by atoms with Crippen molar-refractivity contribution >= 4 is 22.8 Å². The fourth-order valence-corrected chi connectivity index (χ4v) is 3.63. The Morgan fingerprint density at radius 2 is 2.36 bits per heavy atom. The molecule has 3 heterocycles. The van der Waals surface area contributed by atoms with Crippen molar-refractivity contribution in [1.82, 2.24) is 19.5 Å². The Balaban J connectivity index is 1.89. The Kier molecular flexibility index (Phi) is 4.38. The molecule has 1 fully saturated rings. The molecule has 2 aromatic heterocycles. The molecule has 1 saturated heterocycles. The number of fused-ring (bicyclic) bond motifs is 1. The molecule has 4 atom stereocenters. The number of hydrogen-bond donors (Lipinski definition) is 1. The number of halogens is 1. The number of alkyl halides is 1. The number of nitrogen functional groups attached to an aromatic ring is 1. The molecule has 0 aromatic carbocycles. The molecule has 0 bridgehead atoms. The van der Waals surface area contributed by atoms with Gasteiger partial charge in [-0.15, -0.1) is 0 Å². The number of anilines is 1. The maximum atomic E-state index is 14.9. The minimum absolute atomic E-state index is 0.271. The maximum absolute atomic E-state index is 14.9. The second-order valence-electron chi connectivity index (χ2n) is 5.41. The summed E-state index contributed by atoms with van der Waals surface area (Å²) in [5, 5.41) is 0. The fourth-order valence-electron chi connectivity index (χ4n) is 2.60. The molecule has 2 aromatic rings. The average Bonchev–Trinajstić information content (AvgIpc) is 2.98. The zero-order chi connectivity index (χ0) is 15.9. The third-order valence-electron chi connectivity index (χ3n) is 3.55. The van der Waals surface area contributed by atoms with Crippen LogP contribution in [0.4, 0.5) is 10.2 Å².